The quantitative estimate of drug-likeness (QED) is 0.318. The first-order valence-electron chi connectivity index (χ1n) is 9.39. The normalized spacial score (nSPS) is 17.5. The van der Waals surface area contributed by atoms with Gasteiger partial charge < -0.3 is 15.4 Å². The summed E-state index contributed by atoms with van der Waals surface area (Å²) in [5.74, 6) is -0.409. The fourth-order valence-electron chi connectivity index (χ4n) is 3.58. The van der Waals surface area contributed by atoms with Gasteiger partial charge in [0.25, 0.3) is 0 Å². The molecule has 0 spiro atoms. The fourth-order valence-corrected chi connectivity index (χ4v) is 4.21. The van der Waals surface area contributed by atoms with Crippen LogP contribution in [0.15, 0.2) is 42.5 Å². The molecule has 2 aliphatic heterocycles. The van der Waals surface area contributed by atoms with Crippen molar-refractivity contribution in [2.75, 3.05) is 15.0 Å². The molecule has 0 radical (unpaired) electrons. The Labute approximate surface area is 189 Å². The number of alkyl halides is 3. The highest BCUT2D eigenvalue weighted by Crippen LogP contribution is 2.35. The molecule has 2 heterocycles. The molecule has 2 aromatic rings. The lowest BCUT2D eigenvalue weighted by Crippen LogP contribution is -2.38. The molecular formula is C21H17F3IN3O3. The topological polar surface area (TPSA) is 70.7 Å². The van der Waals surface area contributed by atoms with Crippen molar-refractivity contribution in [3.8, 4) is 0 Å². The SMILES string of the molecule is O=C(/C=C1\CCOCc2cc(C(F)(F)F)ccc21)Nc1cccc2c1CNC(=O)N2I. The van der Waals surface area contributed by atoms with E-state index in [2.05, 4.69) is 10.6 Å². The molecule has 0 unspecified atom stereocenters. The Morgan fingerprint density at radius 3 is 2.84 bits per heavy atom. The first-order valence-corrected chi connectivity index (χ1v) is 10.4. The van der Waals surface area contributed by atoms with Crippen molar-refractivity contribution in [1.82, 2.24) is 5.32 Å². The number of hydrogen-bond donors (Lipinski definition) is 2. The highest BCUT2D eigenvalue weighted by atomic mass is 127. The third-order valence-electron chi connectivity index (χ3n) is 5.07. The summed E-state index contributed by atoms with van der Waals surface area (Å²) >= 11 is 1.88. The van der Waals surface area contributed by atoms with Gasteiger partial charge in [-0.2, -0.15) is 13.2 Å². The first kappa shape index (κ1) is 21.6. The average Bonchev–Trinajstić information content (AvgIpc) is 2.92. The van der Waals surface area contributed by atoms with Crippen LogP contribution in [0.2, 0.25) is 0 Å². The van der Waals surface area contributed by atoms with Crippen molar-refractivity contribution in [2.45, 2.75) is 25.7 Å². The number of amides is 3. The Morgan fingerprint density at radius 2 is 2.06 bits per heavy atom. The van der Waals surface area contributed by atoms with Gasteiger partial charge in [0, 0.05) is 23.9 Å². The number of carbonyl (C=O) groups is 2. The van der Waals surface area contributed by atoms with Crippen molar-refractivity contribution in [1.29, 1.82) is 0 Å². The molecular weight excluding hydrogens is 526 g/mol. The molecule has 10 heteroatoms. The largest absolute Gasteiger partial charge is 0.416 e. The molecule has 0 saturated heterocycles. The van der Waals surface area contributed by atoms with E-state index >= 15 is 0 Å². The summed E-state index contributed by atoms with van der Waals surface area (Å²) in [5, 5.41) is 5.55. The van der Waals surface area contributed by atoms with Gasteiger partial charge in [-0.15, -0.1) is 0 Å². The zero-order chi connectivity index (χ0) is 22.2. The Bertz CT molecular complexity index is 1090. The predicted octanol–water partition coefficient (Wildman–Crippen LogP) is 5.03. The summed E-state index contributed by atoms with van der Waals surface area (Å²) in [6, 6.07) is 8.48. The molecule has 2 aromatic carbocycles. The highest BCUT2D eigenvalue weighted by molar-refractivity contribution is 14.1. The lowest BCUT2D eigenvalue weighted by Gasteiger charge is -2.26. The molecule has 0 aliphatic carbocycles. The van der Waals surface area contributed by atoms with E-state index in [-0.39, 0.29) is 19.2 Å². The molecule has 3 amide bonds. The molecule has 2 N–H and O–H groups in total. The van der Waals surface area contributed by atoms with Crippen molar-refractivity contribution >= 4 is 51.8 Å². The Balaban J connectivity index is 1.62. The number of nitrogens with zero attached hydrogens (tertiary/aromatic N) is 1. The Hall–Kier alpha value is -2.60. The maximum absolute atomic E-state index is 13.0. The summed E-state index contributed by atoms with van der Waals surface area (Å²) in [6.45, 7) is 0.624. The lowest BCUT2D eigenvalue weighted by molar-refractivity contribution is -0.137. The number of fused-ring (bicyclic) bond motifs is 2. The van der Waals surface area contributed by atoms with E-state index in [0.29, 0.717) is 41.1 Å². The van der Waals surface area contributed by atoms with Crippen molar-refractivity contribution in [3.63, 3.8) is 0 Å². The monoisotopic (exact) mass is 543 g/mol. The van der Waals surface area contributed by atoms with Crippen molar-refractivity contribution in [2.24, 2.45) is 0 Å². The van der Waals surface area contributed by atoms with Crippen LogP contribution >= 0.6 is 22.9 Å². The number of benzene rings is 2. The van der Waals surface area contributed by atoms with Crippen LogP contribution in [0.3, 0.4) is 0 Å². The smallest absolute Gasteiger partial charge is 0.376 e. The molecule has 0 bridgehead atoms. The predicted molar refractivity (Wildman–Crippen MR) is 118 cm³/mol. The number of halogens is 4. The second kappa shape index (κ2) is 8.50. The minimum atomic E-state index is -4.45. The van der Waals surface area contributed by atoms with Crippen LogP contribution in [0.25, 0.3) is 5.57 Å². The van der Waals surface area contributed by atoms with Crippen LogP contribution in [0, 0.1) is 0 Å². The number of urea groups is 1. The van der Waals surface area contributed by atoms with Gasteiger partial charge in [0.2, 0.25) is 5.91 Å². The molecule has 0 aromatic heterocycles. The summed E-state index contributed by atoms with van der Waals surface area (Å²) in [4.78, 5) is 24.6. The van der Waals surface area contributed by atoms with Gasteiger partial charge >= 0.3 is 12.2 Å². The van der Waals surface area contributed by atoms with Crippen LogP contribution in [0.4, 0.5) is 29.3 Å². The molecule has 0 fully saturated rings. The average molecular weight is 543 g/mol. The minimum absolute atomic E-state index is 0.0512. The number of nitrogens with one attached hydrogen (secondary N) is 2. The van der Waals surface area contributed by atoms with E-state index in [1.54, 1.807) is 18.2 Å². The maximum Gasteiger partial charge on any atom is 0.416 e. The van der Waals surface area contributed by atoms with Gasteiger partial charge in [0.1, 0.15) is 0 Å². The van der Waals surface area contributed by atoms with Gasteiger partial charge in [-0.05, 0) is 47.4 Å². The molecule has 31 heavy (non-hydrogen) atoms. The third kappa shape index (κ3) is 4.54. The van der Waals surface area contributed by atoms with Gasteiger partial charge in [0.15, 0.2) is 0 Å². The van der Waals surface area contributed by atoms with E-state index in [4.69, 9.17) is 4.74 Å². The number of rotatable bonds is 2. The number of hydrogen-bond acceptors (Lipinski definition) is 3. The van der Waals surface area contributed by atoms with Crippen LogP contribution < -0.4 is 13.7 Å². The number of carbonyl (C=O) groups excluding carboxylic acids is 2. The van der Waals surface area contributed by atoms with E-state index in [0.717, 1.165) is 17.7 Å². The zero-order valence-corrected chi connectivity index (χ0v) is 18.2. The Kier molecular flexibility index (Phi) is 5.93. The van der Waals surface area contributed by atoms with Gasteiger partial charge in [-0.1, -0.05) is 12.1 Å². The van der Waals surface area contributed by atoms with Crippen LogP contribution in [-0.4, -0.2) is 18.5 Å². The van der Waals surface area contributed by atoms with Gasteiger partial charge in [0.05, 0.1) is 47.3 Å². The minimum Gasteiger partial charge on any atom is -0.376 e. The van der Waals surface area contributed by atoms with Gasteiger partial charge in [-0.25, -0.2) is 7.91 Å². The summed E-state index contributed by atoms with van der Waals surface area (Å²) in [7, 11) is 0. The second-order valence-electron chi connectivity index (χ2n) is 7.07. The van der Waals surface area contributed by atoms with Crippen molar-refractivity contribution < 1.29 is 27.5 Å². The molecule has 6 nitrogen and oxygen atoms in total. The summed E-state index contributed by atoms with van der Waals surface area (Å²) in [5.41, 5.74) is 2.83. The molecule has 2 aliphatic rings. The van der Waals surface area contributed by atoms with Gasteiger partial charge in [-0.3, -0.25) is 4.79 Å². The molecule has 0 atom stereocenters. The lowest BCUT2D eigenvalue weighted by atomic mass is 9.96. The molecule has 0 saturated carbocycles. The van der Waals surface area contributed by atoms with Crippen LogP contribution in [-0.2, 0) is 28.9 Å². The van der Waals surface area contributed by atoms with E-state index < -0.39 is 17.6 Å². The van der Waals surface area contributed by atoms with Crippen LogP contribution in [0.1, 0.15) is 28.7 Å². The maximum atomic E-state index is 13.0. The zero-order valence-electron chi connectivity index (χ0n) is 16.1. The number of ether oxygens (including phenoxy) is 1. The highest BCUT2D eigenvalue weighted by Gasteiger charge is 2.31. The Morgan fingerprint density at radius 1 is 1.26 bits per heavy atom. The second-order valence-corrected chi connectivity index (χ2v) is 8.04. The third-order valence-corrected chi connectivity index (χ3v) is 6.03. The van der Waals surface area contributed by atoms with Crippen molar-refractivity contribution in [3.05, 3.63) is 64.7 Å². The van der Waals surface area contributed by atoms with Crippen LogP contribution in [0.5, 0.6) is 0 Å². The molecule has 162 valence electrons. The van der Waals surface area contributed by atoms with E-state index in [1.807, 2.05) is 22.9 Å². The van der Waals surface area contributed by atoms with E-state index in [9.17, 15) is 22.8 Å². The standard InChI is InChI=1S/C21H17F3IN3O3/c22-21(23,24)14-4-5-15-12(6-7-31-11-13(15)8-14)9-19(29)27-17-2-1-3-18-16(17)10-26-20(30)28(18)25/h1-5,8-9H,6-7,10-11H2,(H,26,30)(H,27,29)/b12-9+. The fraction of sp³-hybridized carbons (Fsp3) is 0.238. The number of anilines is 2. The molecule has 4 rings (SSSR count). The summed E-state index contributed by atoms with van der Waals surface area (Å²) in [6.07, 6.45) is -2.66. The summed E-state index contributed by atoms with van der Waals surface area (Å²) < 4.78 is 46.0. The first-order chi connectivity index (χ1) is 14.7. The van der Waals surface area contributed by atoms with E-state index in [1.165, 1.54) is 15.3 Å².